The van der Waals surface area contributed by atoms with E-state index in [-0.39, 0.29) is 24.4 Å². The number of carbonyl (C=O) groups excluding carboxylic acids is 2. The number of anilines is 1. The number of aryl methyl sites for hydroxylation is 1. The van der Waals surface area contributed by atoms with E-state index < -0.39 is 0 Å². The molecule has 1 aromatic rings. The molecule has 0 spiro atoms. The van der Waals surface area contributed by atoms with Gasteiger partial charge in [-0.05, 0) is 38.0 Å². The second-order valence-corrected chi connectivity index (χ2v) is 5.56. The van der Waals surface area contributed by atoms with Crippen molar-refractivity contribution in [1.82, 2.24) is 10.2 Å². The third kappa shape index (κ3) is 6.79. The molecule has 0 unspecified atom stereocenters. The van der Waals surface area contributed by atoms with Crippen molar-refractivity contribution in [3.63, 3.8) is 0 Å². The molecule has 2 N–H and O–H groups in total. The van der Waals surface area contributed by atoms with Crippen LogP contribution in [-0.4, -0.2) is 43.4 Å². The molecule has 0 radical (unpaired) electrons. The predicted molar refractivity (Wildman–Crippen MR) is 85.2 cm³/mol. The Labute approximate surface area is 126 Å². The largest absolute Gasteiger partial charge is 0.376 e. The van der Waals surface area contributed by atoms with Crippen LogP contribution in [0.4, 0.5) is 5.69 Å². The molecule has 1 aromatic carbocycles. The molecule has 0 saturated heterocycles. The van der Waals surface area contributed by atoms with Gasteiger partial charge in [-0.2, -0.15) is 0 Å². The maximum Gasteiger partial charge on any atom is 0.239 e. The van der Waals surface area contributed by atoms with Crippen LogP contribution in [0.1, 0.15) is 25.8 Å². The van der Waals surface area contributed by atoms with Gasteiger partial charge in [-0.1, -0.05) is 12.1 Å². The Morgan fingerprint density at radius 1 is 1.14 bits per heavy atom. The summed E-state index contributed by atoms with van der Waals surface area (Å²) in [4.78, 5) is 24.6. The Morgan fingerprint density at radius 2 is 1.76 bits per heavy atom. The first-order chi connectivity index (χ1) is 9.88. The lowest BCUT2D eigenvalue weighted by atomic mass is 10.1. The lowest BCUT2D eigenvalue weighted by molar-refractivity contribution is -0.128. The first kappa shape index (κ1) is 17.0. The SMILES string of the molecule is CC(C)NC(=O)CNc1ccc(CCC(=O)N(C)C)cc1. The summed E-state index contributed by atoms with van der Waals surface area (Å²) < 4.78 is 0. The molecule has 5 heteroatoms. The third-order valence-corrected chi connectivity index (χ3v) is 2.98. The Kier molecular flexibility index (Phi) is 6.72. The third-order valence-electron chi connectivity index (χ3n) is 2.98. The van der Waals surface area contributed by atoms with Gasteiger partial charge in [0.1, 0.15) is 0 Å². The number of amides is 2. The first-order valence-electron chi connectivity index (χ1n) is 7.21. The van der Waals surface area contributed by atoms with Crippen molar-refractivity contribution in [1.29, 1.82) is 0 Å². The van der Waals surface area contributed by atoms with E-state index in [9.17, 15) is 9.59 Å². The van der Waals surface area contributed by atoms with E-state index in [1.165, 1.54) is 0 Å². The molecular weight excluding hydrogens is 266 g/mol. The zero-order valence-electron chi connectivity index (χ0n) is 13.3. The van der Waals surface area contributed by atoms with Gasteiger partial charge >= 0.3 is 0 Å². The molecule has 0 saturated carbocycles. The van der Waals surface area contributed by atoms with Gasteiger partial charge in [0, 0.05) is 32.2 Å². The molecule has 0 aromatic heterocycles. The zero-order chi connectivity index (χ0) is 15.8. The van der Waals surface area contributed by atoms with Crippen molar-refractivity contribution >= 4 is 17.5 Å². The minimum absolute atomic E-state index is 0.0225. The van der Waals surface area contributed by atoms with Crippen LogP contribution in [0.2, 0.25) is 0 Å². The quantitative estimate of drug-likeness (QED) is 0.803. The molecule has 0 heterocycles. The Morgan fingerprint density at radius 3 is 2.29 bits per heavy atom. The normalized spacial score (nSPS) is 10.3. The van der Waals surface area contributed by atoms with Gasteiger partial charge < -0.3 is 15.5 Å². The fraction of sp³-hybridized carbons (Fsp3) is 0.500. The van der Waals surface area contributed by atoms with Crippen molar-refractivity contribution in [3.05, 3.63) is 29.8 Å². The molecule has 1 rings (SSSR count). The summed E-state index contributed by atoms with van der Waals surface area (Å²) in [6, 6.07) is 7.96. The summed E-state index contributed by atoms with van der Waals surface area (Å²) in [7, 11) is 3.52. The van der Waals surface area contributed by atoms with Crippen molar-refractivity contribution < 1.29 is 9.59 Å². The molecule has 0 aliphatic carbocycles. The van der Waals surface area contributed by atoms with Crippen LogP contribution < -0.4 is 10.6 Å². The summed E-state index contributed by atoms with van der Waals surface area (Å²) in [5, 5.41) is 5.90. The molecule has 2 amide bonds. The first-order valence-corrected chi connectivity index (χ1v) is 7.21. The molecule has 0 bridgehead atoms. The number of carbonyl (C=O) groups is 2. The topological polar surface area (TPSA) is 61.4 Å². The number of rotatable bonds is 7. The Hall–Kier alpha value is -2.04. The molecule has 116 valence electrons. The fourth-order valence-electron chi connectivity index (χ4n) is 1.82. The molecule has 0 aliphatic rings. The van der Waals surface area contributed by atoms with Crippen molar-refractivity contribution in [3.8, 4) is 0 Å². The maximum absolute atomic E-state index is 11.5. The predicted octanol–water partition coefficient (Wildman–Crippen LogP) is 1.64. The molecule has 5 nitrogen and oxygen atoms in total. The van der Waals surface area contributed by atoms with Gasteiger partial charge in [0.05, 0.1) is 6.54 Å². The Balaban J connectivity index is 2.40. The lowest BCUT2D eigenvalue weighted by Crippen LogP contribution is -2.34. The number of benzene rings is 1. The average Bonchev–Trinajstić information content (AvgIpc) is 2.42. The molecule has 21 heavy (non-hydrogen) atoms. The number of hydrogen-bond acceptors (Lipinski definition) is 3. The van der Waals surface area contributed by atoms with Crippen molar-refractivity contribution in [2.75, 3.05) is 26.0 Å². The minimum atomic E-state index is -0.0225. The summed E-state index contributed by atoms with van der Waals surface area (Å²) in [6.07, 6.45) is 1.24. The van der Waals surface area contributed by atoms with E-state index in [2.05, 4.69) is 10.6 Å². The highest BCUT2D eigenvalue weighted by molar-refractivity contribution is 5.80. The summed E-state index contributed by atoms with van der Waals surface area (Å²) >= 11 is 0. The van der Waals surface area contributed by atoms with E-state index in [1.807, 2.05) is 38.1 Å². The monoisotopic (exact) mass is 291 g/mol. The van der Waals surface area contributed by atoms with Gasteiger partial charge in [-0.25, -0.2) is 0 Å². The lowest BCUT2D eigenvalue weighted by Gasteiger charge is -2.11. The molecule has 0 fully saturated rings. The van der Waals surface area contributed by atoms with Crippen LogP contribution in [-0.2, 0) is 16.0 Å². The van der Waals surface area contributed by atoms with Crippen LogP contribution in [0.15, 0.2) is 24.3 Å². The maximum atomic E-state index is 11.5. The Bertz CT molecular complexity index is 467. The smallest absolute Gasteiger partial charge is 0.239 e. The molecule has 0 aliphatic heterocycles. The summed E-state index contributed by atoms with van der Waals surface area (Å²) in [5.74, 6) is 0.105. The van der Waals surface area contributed by atoms with Gasteiger partial charge in [0.2, 0.25) is 11.8 Å². The molecule has 0 atom stereocenters. The number of nitrogens with one attached hydrogen (secondary N) is 2. The van der Waals surface area contributed by atoms with Gasteiger partial charge in [0.25, 0.3) is 0 Å². The standard InChI is InChI=1S/C16H25N3O2/c1-12(2)18-15(20)11-17-14-8-5-13(6-9-14)7-10-16(21)19(3)4/h5-6,8-9,12,17H,7,10-11H2,1-4H3,(H,18,20). The van der Waals surface area contributed by atoms with E-state index in [0.717, 1.165) is 17.7 Å². The highest BCUT2D eigenvalue weighted by Gasteiger charge is 2.05. The van der Waals surface area contributed by atoms with E-state index in [4.69, 9.17) is 0 Å². The van der Waals surface area contributed by atoms with Crippen LogP contribution in [0, 0.1) is 0 Å². The highest BCUT2D eigenvalue weighted by Crippen LogP contribution is 2.11. The average molecular weight is 291 g/mol. The van der Waals surface area contributed by atoms with E-state index in [0.29, 0.717) is 6.42 Å². The zero-order valence-corrected chi connectivity index (χ0v) is 13.3. The minimum Gasteiger partial charge on any atom is -0.376 e. The van der Waals surface area contributed by atoms with Crippen LogP contribution in [0.5, 0.6) is 0 Å². The second-order valence-electron chi connectivity index (χ2n) is 5.56. The van der Waals surface area contributed by atoms with Gasteiger partial charge in [-0.15, -0.1) is 0 Å². The van der Waals surface area contributed by atoms with Crippen LogP contribution >= 0.6 is 0 Å². The highest BCUT2D eigenvalue weighted by atomic mass is 16.2. The van der Waals surface area contributed by atoms with Crippen molar-refractivity contribution in [2.24, 2.45) is 0 Å². The van der Waals surface area contributed by atoms with E-state index >= 15 is 0 Å². The van der Waals surface area contributed by atoms with Gasteiger partial charge in [0.15, 0.2) is 0 Å². The fourth-order valence-corrected chi connectivity index (χ4v) is 1.82. The van der Waals surface area contributed by atoms with Crippen LogP contribution in [0.25, 0.3) is 0 Å². The second kappa shape index (κ2) is 8.29. The number of nitrogens with zero attached hydrogens (tertiary/aromatic N) is 1. The summed E-state index contributed by atoms with van der Waals surface area (Å²) in [6.45, 7) is 4.13. The van der Waals surface area contributed by atoms with Crippen molar-refractivity contribution in [2.45, 2.75) is 32.7 Å². The van der Waals surface area contributed by atoms with E-state index in [1.54, 1.807) is 19.0 Å². The molecular formula is C16H25N3O2. The number of hydrogen-bond donors (Lipinski definition) is 2. The van der Waals surface area contributed by atoms with Gasteiger partial charge in [-0.3, -0.25) is 9.59 Å². The summed E-state index contributed by atoms with van der Waals surface area (Å²) in [5.41, 5.74) is 2.01. The van der Waals surface area contributed by atoms with Crippen LogP contribution in [0.3, 0.4) is 0 Å².